The van der Waals surface area contributed by atoms with Crippen molar-refractivity contribution >= 4 is 38.6 Å². The lowest BCUT2D eigenvalue weighted by molar-refractivity contribution is 0.0695. The Morgan fingerprint density at radius 2 is 2.05 bits per heavy atom. The van der Waals surface area contributed by atoms with Crippen molar-refractivity contribution in [3.05, 3.63) is 27.3 Å². The summed E-state index contributed by atoms with van der Waals surface area (Å²) in [6.07, 6.45) is 5.22. The van der Waals surface area contributed by atoms with Gasteiger partial charge in [-0.25, -0.2) is 13.2 Å². The number of hydrogen-bond acceptors (Lipinski definition) is 3. The molecule has 0 fully saturated rings. The third-order valence-electron chi connectivity index (χ3n) is 2.23. The summed E-state index contributed by atoms with van der Waals surface area (Å²) in [4.78, 5) is 10.9. The van der Waals surface area contributed by atoms with E-state index in [0.717, 1.165) is 6.07 Å². The highest BCUT2D eigenvalue weighted by Crippen LogP contribution is 2.19. The molecule has 0 aromatic heterocycles. The molecule has 0 aliphatic carbocycles. The lowest BCUT2D eigenvalue weighted by atomic mass is 10.1. The molecule has 102 valence electrons. The Morgan fingerprint density at radius 1 is 1.47 bits per heavy atom. The molecule has 0 unspecified atom stereocenters. The van der Waals surface area contributed by atoms with Gasteiger partial charge in [-0.05, 0) is 54.6 Å². The number of hydrogen-bond donors (Lipinski definition) is 2. The highest BCUT2D eigenvalue weighted by Gasteiger charge is 2.25. The van der Waals surface area contributed by atoms with Crippen molar-refractivity contribution in [3.8, 4) is 12.3 Å². The van der Waals surface area contributed by atoms with E-state index in [1.807, 2.05) is 22.6 Å². The van der Waals surface area contributed by atoms with Gasteiger partial charge in [-0.15, -0.1) is 6.42 Å². The molecule has 0 amide bonds. The number of rotatable bonds is 4. The first-order valence-electron chi connectivity index (χ1n) is 5.14. The fourth-order valence-electron chi connectivity index (χ4n) is 1.26. The van der Waals surface area contributed by atoms with Crippen LogP contribution in [-0.2, 0) is 10.0 Å². The highest BCUT2D eigenvalue weighted by atomic mass is 127. The van der Waals surface area contributed by atoms with Gasteiger partial charge in [0.05, 0.1) is 16.0 Å². The van der Waals surface area contributed by atoms with Gasteiger partial charge in [0.2, 0.25) is 10.0 Å². The summed E-state index contributed by atoms with van der Waals surface area (Å²) < 4.78 is 27.0. The van der Waals surface area contributed by atoms with Gasteiger partial charge in [0, 0.05) is 3.57 Å². The molecular formula is C12H12INO4S. The standard InChI is InChI=1S/C12H12INO4S/c1-4-12(2,3)14-19(17,18)8-5-6-10(13)9(7-8)11(15)16/h1,5-7,14H,2-3H3,(H,15,16). The Kier molecular flexibility index (Phi) is 4.60. The molecule has 0 heterocycles. The van der Waals surface area contributed by atoms with Crippen molar-refractivity contribution in [1.29, 1.82) is 0 Å². The third kappa shape index (κ3) is 3.92. The molecule has 0 radical (unpaired) electrons. The number of terminal acetylenes is 1. The second-order valence-corrected chi connectivity index (χ2v) is 7.17. The SMILES string of the molecule is C#CC(C)(C)NS(=O)(=O)c1ccc(I)c(C(=O)O)c1. The monoisotopic (exact) mass is 393 g/mol. The first-order chi connectivity index (χ1) is 8.59. The van der Waals surface area contributed by atoms with Gasteiger partial charge >= 0.3 is 5.97 Å². The number of nitrogens with one attached hydrogen (secondary N) is 1. The summed E-state index contributed by atoms with van der Waals surface area (Å²) in [6.45, 7) is 3.07. The van der Waals surface area contributed by atoms with Crippen molar-refractivity contribution in [2.24, 2.45) is 0 Å². The van der Waals surface area contributed by atoms with E-state index in [2.05, 4.69) is 10.6 Å². The summed E-state index contributed by atoms with van der Waals surface area (Å²) in [6, 6.07) is 3.88. The Hall–Kier alpha value is -1.11. The smallest absolute Gasteiger partial charge is 0.336 e. The van der Waals surface area contributed by atoms with Gasteiger partial charge in [-0.3, -0.25) is 0 Å². The molecule has 2 N–H and O–H groups in total. The molecular weight excluding hydrogens is 381 g/mol. The van der Waals surface area contributed by atoms with Crippen LogP contribution in [0.15, 0.2) is 23.1 Å². The van der Waals surface area contributed by atoms with E-state index in [0.29, 0.717) is 3.57 Å². The fourth-order valence-corrected chi connectivity index (χ4v) is 3.19. The molecule has 0 atom stereocenters. The predicted molar refractivity (Wildman–Crippen MR) is 79.4 cm³/mol. The van der Waals surface area contributed by atoms with Crippen LogP contribution in [0.1, 0.15) is 24.2 Å². The summed E-state index contributed by atoms with van der Waals surface area (Å²) in [7, 11) is -3.86. The first kappa shape index (κ1) is 15.9. The Balaban J connectivity index is 3.28. The fraction of sp³-hybridized carbons (Fsp3) is 0.250. The summed E-state index contributed by atoms with van der Waals surface area (Å²) in [5, 5.41) is 8.98. The number of carbonyl (C=O) groups is 1. The van der Waals surface area contributed by atoms with Crippen LogP contribution in [0.25, 0.3) is 0 Å². The zero-order valence-corrected chi connectivity index (χ0v) is 13.2. The maximum Gasteiger partial charge on any atom is 0.336 e. The van der Waals surface area contributed by atoms with Crippen LogP contribution in [0, 0.1) is 15.9 Å². The Morgan fingerprint density at radius 3 is 2.53 bits per heavy atom. The van der Waals surface area contributed by atoms with E-state index in [9.17, 15) is 13.2 Å². The number of carboxylic acids is 1. The highest BCUT2D eigenvalue weighted by molar-refractivity contribution is 14.1. The van der Waals surface area contributed by atoms with Crippen molar-refractivity contribution in [3.63, 3.8) is 0 Å². The molecule has 0 aliphatic heterocycles. The lowest BCUT2D eigenvalue weighted by Gasteiger charge is -2.19. The molecule has 0 saturated heterocycles. The van der Waals surface area contributed by atoms with Crippen LogP contribution in [-0.4, -0.2) is 25.0 Å². The van der Waals surface area contributed by atoms with Crippen LogP contribution in [0.3, 0.4) is 0 Å². The molecule has 19 heavy (non-hydrogen) atoms. The molecule has 0 spiro atoms. The molecule has 1 aromatic rings. The minimum absolute atomic E-state index is 0.0676. The first-order valence-corrected chi connectivity index (χ1v) is 7.70. The van der Waals surface area contributed by atoms with E-state index < -0.39 is 21.5 Å². The lowest BCUT2D eigenvalue weighted by Crippen LogP contribution is -2.42. The maximum absolute atomic E-state index is 12.1. The zero-order valence-electron chi connectivity index (χ0n) is 10.3. The molecule has 1 rings (SSSR count). The van der Waals surface area contributed by atoms with Gasteiger partial charge in [0.1, 0.15) is 0 Å². The van der Waals surface area contributed by atoms with E-state index in [-0.39, 0.29) is 10.5 Å². The normalized spacial score (nSPS) is 11.9. The predicted octanol–water partition coefficient (Wildman–Crippen LogP) is 1.68. The average molecular weight is 393 g/mol. The maximum atomic E-state index is 12.1. The van der Waals surface area contributed by atoms with Gasteiger partial charge in [0.25, 0.3) is 0 Å². The van der Waals surface area contributed by atoms with E-state index in [1.165, 1.54) is 26.0 Å². The minimum atomic E-state index is -3.86. The van der Waals surface area contributed by atoms with Crippen molar-refractivity contribution in [2.45, 2.75) is 24.3 Å². The van der Waals surface area contributed by atoms with Gasteiger partial charge < -0.3 is 5.11 Å². The molecule has 0 aliphatic rings. The van der Waals surface area contributed by atoms with Gasteiger partial charge in [0.15, 0.2) is 0 Å². The number of halogens is 1. The van der Waals surface area contributed by atoms with Crippen molar-refractivity contribution in [2.75, 3.05) is 0 Å². The number of aromatic carboxylic acids is 1. The van der Waals surface area contributed by atoms with Crippen LogP contribution >= 0.6 is 22.6 Å². The van der Waals surface area contributed by atoms with Crippen molar-refractivity contribution < 1.29 is 18.3 Å². The van der Waals surface area contributed by atoms with E-state index >= 15 is 0 Å². The number of carboxylic acid groups (broad SMARTS) is 1. The third-order valence-corrected chi connectivity index (χ3v) is 4.82. The zero-order chi connectivity index (χ0) is 14.8. The average Bonchev–Trinajstić information content (AvgIpc) is 2.27. The van der Waals surface area contributed by atoms with Crippen LogP contribution < -0.4 is 4.72 Å². The minimum Gasteiger partial charge on any atom is -0.478 e. The molecule has 1 aromatic carbocycles. The quantitative estimate of drug-likeness (QED) is 0.603. The van der Waals surface area contributed by atoms with Crippen LogP contribution in [0.2, 0.25) is 0 Å². The molecule has 5 nitrogen and oxygen atoms in total. The Labute approximate surface area is 125 Å². The topological polar surface area (TPSA) is 83.5 Å². The summed E-state index contributed by atoms with van der Waals surface area (Å²) >= 11 is 1.83. The molecule has 0 bridgehead atoms. The van der Waals surface area contributed by atoms with E-state index in [4.69, 9.17) is 11.5 Å². The Bertz CT molecular complexity index is 659. The summed E-state index contributed by atoms with van der Waals surface area (Å²) in [5.41, 5.74) is -1.12. The molecule has 0 saturated carbocycles. The van der Waals surface area contributed by atoms with E-state index in [1.54, 1.807) is 0 Å². The second-order valence-electron chi connectivity index (χ2n) is 4.32. The van der Waals surface area contributed by atoms with Gasteiger partial charge in [-0.2, -0.15) is 4.72 Å². The van der Waals surface area contributed by atoms with Crippen LogP contribution in [0.5, 0.6) is 0 Å². The van der Waals surface area contributed by atoms with Gasteiger partial charge in [-0.1, -0.05) is 5.92 Å². The number of sulfonamides is 1. The summed E-state index contributed by atoms with van der Waals surface area (Å²) in [5.74, 6) is 1.13. The van der Waals surface area contributed by atoms with Crippen LogP contribution in [0.4, 0.5) is 0 Å². The largest absolute Gasteiger partial charge is 0.478 e. The number of benzene rings is 1. The second kappa shape index (κ2) is 5.48. The van der Waals surface area contributed by atoms with Crippen molar-refractivity contribution in [1.82, 2.24) is 4.72 Å². The molecule has 7 heteroatoms.